The summed E-state index contributed by atoms with van der Waals surface area (Å²) in [7, 11) is 0. The van der Waals surface area contributed by atoms with E-state index in [1.807, 2.05) is 60.7 Å². The Morgan fingerprint density at radius 3 is 1.73 bits per heavy atom. The number of rotatable bonds is 6. The first-order chi connectivity index (χ1) is 12.6. The van der Waals surface area contributed by atoms with Crippen molar-refractivity contribution in [3.63, 3.8) is 0 Å². The second-order valence-corrected chi connectivity index (χ2v) is 6.56. The van der Waals surface area contributed by atoms with E-state index in [0.29, 0.717) is 23.7 Å². The molecule has 3 nitrogen and oxygen atoms in total. The molecule has 0 aliphatic carbocycles. The summed E-state index contributed by atoms with van der Waals surface area (Å²) >= 11 is 5.90. The molecule has 3 aromatic carbocycles. The van der Waals surface area contributed by atoms with Gasteiger partial charge in [0.2, 0.25) is 0 Å². The van der Waals surface area contributed by atoms with E-state index in [1.54, 1.807) is 29.2 Å². The lowest BCUT2D eigenvalue weighted by atomic mass is 10.1. The van der Waals surface area contributed by atoms with Crippen molar-refractivity contribution in [3.8, 4) is 0 Å². The van der Waals surface area contributed by atoms with Crippen molar-refractivity contribution in [2.24, 2.45) is 0 Å². The molecular weight excluding hydrogens is 346 g/mol. The molecule has 4 heteroatoms. The molecule has 1 unspecified atom stereocenters. The van der Waals surface area contributed by atoms with Gasteiger partial charge in [-0.3, -0.25) is 4.79 Å². The normalized spacial score (nSPS) is 11.8. The van der Waals surface area contributed by atoms with E-state index in [4.69, 9.17) is 11.6 Å². The minimum atomic E-state index is -1.22. The number of hydrogen-bond donors (Lipinski definition) is 1. The van der Waals surface area contributed by atoms with Gasteiger partial charge in [-0.25, -0.2) is 0 Å². The molecule has 132 valence electrons. The van der Waals surface area contributed by atoms with Gasteiger partial charge in [-0.1, -0.05) is 84.4 Å². The molecule has 0 heterocycles. The number of aliphatic hydroxyl groups is 1. The van der Waals surface area contributed by atoms with Gasteiger partial charge in [0.1, 0.15) is 0 Å². The minimum absolute atomic E-state index is 0.333. The van der Waals surface area contributed by atoms with E-state index in [1.165, 1.54) is 0 Å². The van der Waals surface area contributed by atoms with E-state index in [-0.39, 0.29) is 5.91 Å². The van der Waals surface area contributed by atoms with Crippen LogP contribution >= 0.6 is 11.6 Å². The predicted molar refractivity (Wildman–Crippen MR) is 104 cm³/mol. The fourth-order valence-corrected chi connectivity index (χ4v) is 2.91. The average molecular weight is 366 g/mol. The molecule has 0 fully saturated rings. The molecule has 1 amide bonds. The highest BCUT2D eigenvalue weighted by Gasteiger charge is 2.24. The van der Waals surface area contributed by atoms with Gasteiger partial charge >= 0.3 is 0 Å². The number of nitrogens with zero attached hydrogens (tertiary/aromatic N) is 1. The summed E-state index contributed by atoms with van der Waals surface area (Å²) in [6, 6.07) is 26.2. The molecule has 26 heavy (non-hydrogen) atoms. The average Bonchev–Trinajstić information content (AvgIpc) is 2.68. The SMILES string of the molecule is O=C(C(O)c1ccc(Cl)cc1)N(Cc1ccccc1)Cc1ccccc1. The maximum Gasteiger partial charge on any atom is 0.256 e. The molecular formula is C22H20ClNO2. The summed E-state index contributed by atoms with van der Waals surface area (Å²) < 4.78 is 0. The van der Waals surface area contributed by atoms with Crippen LogP contribution in [-0.4, -0.2) is 15.9 Å². The summed E-state index contributed by atoms with van der Waals surface area (Å²) in [6.07, 6.45) is -1.22. The fourth-order valence-electron chi connectivity index (χ4n) is 2.78. The Kier molecular flexibility index (Phi) is 6.05. The number of benzene rings is 3. The smallest absolute Gasteiger partial charge is 0.256 e. The quantitative estimate of drug-likeness (QED) is 0.693. The van der Waals surface area contributed by atoms with Crippen molar-refractivity contribution < 1.29 is 9.90 Å². The highest BCUT2D eigenvalue weighted by atomic mass is 35.5. The van der Waals surface area contributed by atoms with Crippen LogP contribution < -0.4 is 0 Å². The van der Waals surface area contributed by atoms with Crippen LogP contribution in [0.5, 0.6) is 0 Å². The van der Waals surface area contributed by atoms with Gasteiger partial charge in [0, 0.05) is 18.1 Å². The van der Waals surface area contributed by atoms with Crippen molar-refractivity contribution in [3.05, 3.63) is 107 Å². The maximum atomic E-state index is 13.0. The van der Waals surface area contributed by atoms with E-state index in [0.717, 1.165) is 11.1 Å². The predicted octanol–water partition coefficient (Wildman–Crippen LogP) is 4.60. The summed E-state index contributed by atoms with van der Waals surface area (Å²) in [5.41, 5.74) is 2.56. The van der Waals surface area contributed by atoms with E-state index in [2.05, 4.69) is 0 Å². The van der Waals surface area contributed by atoms with E-state index in [9.17, 15) is 9.90 Å². The third-order valence-corrected chi connectivity index (χ3v) is 4.42. The Morgan fingerprint density at radius 2 is 1.27 bits per heavy atom. The zero-order valence-corrected chi connectivity index (χ0v) is 15.0. The standard InChI is InChI=1S/C22H20ClNO2/c23-20-13-11-19(12-14-20)21(25)22(26)24(15-17-7-3-1-4-8-17)16-18-9-5-2-6-10-18/h1-14,21,25H,15-16H2. The van der Waals surface area contributed by atoms with Crippen molar-refractivity contribution in [2.45, 2.75) is 19.2 Å². The number of hydrogen-bond acceptors (Lipinski definition) is 2. The zero-order valence-electron chi connectivity index (χ0n) is 14.3. The third kappa shape index (κ3) is 4.72. The summed E-state index contributed by atoms with van der Waals surface area (Å²) in [4.78, 5) is 14.7. The van der Waals surface area contributed by atoms with Crippen molar-refractivity contribution in [1.29, 1.82) is 0 Å². The first-order valence-electron chi connectivity index (χ1n) is 8.43. The molecule has 0 aliphatic heterocycles. The lowest BCUT2D eigenvalue weighted by molar-refractivity contribution is -0.141. The number of carbonyl (C=O) groups excluding carboxylic acids is 1. The Morgan fingerprint density at radius 1 is 0.808 bits per heavy atom. The lowest BCUT2D eigenvalue weighted by Crippen LogP contribution is -2.34. The second kappa shape index (κ2) is 8.65. The highest BCUT2D eigenvalue weighted by molar-refractivity contribution is 6.30. The van der Waals surface area contributed by atoms with Crippen molar-refractivity contribution in [2.75, 3.05) is 0 Å². The summed E-state index contributed by atoms with van der Waals surface area (Å²) in [5.74, 6) is -0.333. The molecule has 0 aromatic heterocycles. The van der Waals surface area contributed by atoms with Gasteiger partial charge in [0.05, 0.1) is 0 Å². The molecule has 0 saturated carbocycles. The zero-order chi connectivity index (χ0) is 18.4. The number of amides is 1. The Labute approximate surface area is 158 Å². The molecule has 0 saturated heterocycles. The van der Waals surface area contributed by atoms with Crippen LogP contribution in [0.25, 0.3) is 0 Å². The first kappa shape index (κ1) is 18.2. The molecule has 0 spiro atoms. The molecule has 0 aliphatic rings. The molecule has 3 aromatic rings. The van der Waals surface area contributed by atoms with Gasteiger partial charge in [-0.15, -0.1) is 0 Å². The monoisotopic (exact) mass is 365 g/mol. The van der Waals surface area contributed by atoms with Crippen LogP contribution in [0.2, 0.25) is 5.02 Å². The summed E-state index contributed by atoms with van der Waals surface area (Å²) in [5, 5.41) is 11.1. The van der Waals surface area contributed by atoms with Crippen LogP contribution in [0, 0.1) is 0 Å². The van der Waals surface area contributed by atoms with Crippen molar-refractivity contribution >= 4 is 17.5 Å². The van der Waals surface area contributed by atoms with Crippen LogP contribution in [0.1, 0.15) is 22.8 Å². The van der Waals surface area contributed by atoms with Crippen LogP contribution in [0.4, 0.5) is 0 Å². The van der Waals surface area contributed by atoms with Gasteiger partial charge in [-0.2, -0.15) is 0 Å². The lowest BCUT2D eigenvalue weighted by Gasteiger charge is -2.26. The second-order valence-electron chi connectivity index (χ2n) is 6.12. The molecule has 1 atom stereocenters. The van der Waals surface area contributed by atoms with E-state index >= 15 is 0 Å². The number of carbonyl (C=O) groups is 1. The molecule has 3 rings (SSSR count). The first-order valence-corrected chi connectivity index (χ1v) is 8.81. The fraction of sp³-hybridized carbons (Fsp3) is 0.136. The molecule has 0 bridgehead atoms. The Balaban J connectivity index is 1.83. The maximum absolute atomic E-state index is 13.0. The van der Waals surface area contributed by atoms with Gasteiger partial charge < -0.3 is 10.0 Å². The highest BCUT2D eigenvalue weighted by Crippen LogP contribution is 2.21. The number of halogens is 1. The Bertz CT molecular complexity index is 794. The number of aliphatic hydroxyl groups excluding tert-OH is 1. The minimum Gasteiger partial charge on any atom is -0.378 e. The van der Waals surface area contributed by atoms with Gasteiger partial charge in [-0.05, 0) is 28.8 Å². The molecule has 1 N–H and O–H groups in total. The Hall–Kier alpha value is -2.62. The summed E-state index contributed by atoms with van der Waals surface area (Å²) in [6.45, 7) is 0.860. The van der Waals surface area contributed by atoms with Crippen LogP contribution in [0.3, 0.4) is 0 Å². The third-order valence-electron chi connectivity index (χ3n) is 4.16. The van der Waals surface area contributed by atoms with Crippen molar-refractivity contribution in [1.82, 2.24) is 4.90 Å². The van der Waals surface area contributed by atoms with Gasteiger partial charge in [0.25, 0.3) is 5.91 Å². The van der Waals surface area contributed by atoms with E-state index < -0.39 is 6.10 Å². The molecule has 0 radical (unpaired) electrons. The van der Waals surface area contributed by atoms with Crippen LogP contribution in [0.15, 0.2) is 84.9 Å². The largest absolute Gasteiger partial charge is 0.378 e. The topological polar surface area (TPSA) is 40.5 Å². The van der Waals surface area contributed by atoms with Gasteiger partial charge in [0.15, 0.2) is 6.10 Å². The van der Waals surface area contributed by atoms with Crippen LogP contribution in [-0.2, 0) is 17.9 Å².